The summed E-state index contributed by atoms with van der Waals surface area (Å²) >= 11 is 0. The monoisotopic (exact) mass is 334 g/mol. The molecule has 0 spiro atoms. The van der Waals surface area contributed by atoms with E-state index < -0.39 is 0 Å². The van der Waals surface area contributed by atoms with Crippen LogP contribution >= 0.6 is 0 Å². The SMILES string of the molecule is Cc1cnc(N2CCC[C@H](c3ccccc3)C2)nc1-c1ncnn1C. The van der Waals surface area contributed by atoms with Crippen molar-refractivity contribution in [3.05, 3.63) is 54.0 Å². The molecule has 128 valence electrons. The summed E-state index contributed by atoms with van der Waals surface area (Å²) < 4.78 is 1.75. The molecule has 0 bridgehead atoms. The molecule has 4 rings (SSSR count). The first-order chi connectivity index (χ1) is 12.2. The van der Waals surface area contributed by atoms with Crippen LogP contribution in [0, 0.1) is 6.92 Å². The van der Waals surface area contributed by atoms with Crippen molar-refractivity contribution < 1.29 is 0 Å². The Morgan fingerprint density at radius 1 is 1.12 bits per heavy atom. The second-order valence-corrected chi connectivity index (χ2v) is 6.60. The van der Waals surface area contributed by atoms with Crippen LogP contribution in [0.5, 0.6) is 0 Å². The molecule has 25 heavy (non-hydrogen) atoms. The van der Waals surface area contributed by atoms with Gasteiger partial charge < -0.3 is 4.90 Å². The highest BCUT2D eigenvalue weighted by molar-refractivity contribution is 5.56. The quantitative estimate of drug-likeness (QED) is 0.737. The van der Waals surface area contributed by atoms with Crippen molar-refractivity contribution in [1.29, 1.82) is 0 Å². The Hall–Kier alpha value is -2.76. The van der Waals surface area contributed by atoms with Gasteiger partial charge in [-0.2, -0.15) is 5.10 Å². The molecule has 1 atom stereocenters. The van der Waals surface area contributed by atoms with Gasteiger partial charge in [-0.3, -0.25) is 0 Å². The summed E-state index contributed by atoms with van der Waals surface area (Å²) in [5.41, 5.74) is 3.26. The standard InChI is InChI=1S/C19H22N6/c1-14-11-20-19(23-17(14)18-21-13-22-24(18)2)25-10-6-9-16(12-25)15-7-4-3-5-8-15/h3-5,7-8,11,13,16H,6,9-10,12H2,1-2H3/t16-/m0/s1. The molecule has 1 aliphatic heterocycles. The third-order valence-corrected chi connectivity index (χ3v) is 4.86. The molecule has 0 saturated carbocycles. The van der Waals surface area contributed by atoms with Crippen LogP contribution in [-0.4, -0.2) is 37.8 Å². The van der Waals surface area contributed by atoms with Crippen LogP contribution in [-0.2, 0) is 7.05 Å². The van der Waals surface area contributed by atoms with Crippen molar-refractivity contribution in [2.75, 3.05) is 18.0 Å². The molecular formula is C19H22N6. The zero-order chi connectivity index (χ0) is 17.2. The van der Waals surface area contributed by atoms with Crippen LogP contribution in [0.15, 0.2) is 42.9 Å². The van der Waals surface area contributed by atoms with Gasteiger partial charge in [0, 0.05) is 32.3 Å². The van der Waals surface area contributed by atoms with Crippen molar-refractivity contribution in [3.8, 4) is 11.5 Å². The molecule has 0 aliphatic carbocycles. The van der Waals surface area contributed by atoms with Crippen molar-refractivity contribution in [1.82, 2.24) is 24.7 Å². The van der Waals surface area contributed by atoms with E-state index in [9.17, 15) is 0 Å². The second kappa shape index (κ2) is 6.63. The van der Waals surface area contributed by atoms with E-state index in [0.29, 0.717) is 5.92 Å². The van der Waals surface area contributed by atoms with Gasteiger partial charge in [0.25, 0.3) is 0 Å². The van der Waals surface area contributed by atoms with Crippen molar-refractivity contribution in [2.45, 2.75) is 25.7 Å². The van der Waals surface area contributed by atoms with Gasteiger partial charge in [0.15, 0.2) is 5.82 Å². The van der Waals surface area contributed by atoms with E-state index in [0.717, 1.165) is 42.5 Å². The van der Waals surface area contributed by atoms with Crippen molar-refractivity contribution in [2.24, 2.45) is 7.05 Å². The van der Waals surface area contributed by atoms with Gasteiger partial charge >= 0.3 is 0 Å². The summed E-state index contributed by atoms with van der Waals surface area (Å²) in [4.78, 5) is 16.0. The van der Waals surface area contributed by atoms with E-state index >= 15 is 0 Å². The first-order valence-corrected chi connectivity index (χ1v) is 8.70. The Morgan fingerprint density at radius 3 is 2.72 bits per heavy atom. The largest absolute Gasteiger partial charge is 0.340 e. The fourth-order valence-electron chi connectivity index (χ4n) is 3.48. The topological polar surface area (TPSA) is 59.7 Å². The molecule has 1 aromatic carbocycles. The number of hydrogen-bond donors (Lipinski definition) is 0. The number of benzene rings is 1. The molecule has 1 fully saturated rings. The average Bonchev–Trinajstić information content (AvgIpc) is 3.09. The van der Waals surface area contributed by atoms with E-state index in [2.05, 4.69) is 50.3 Å². The second-order valence-electron chi connectivity index (χ2n) is 6.60. The lowest BCUT2D eigenvalue weighted by atomic mass is 9.91. The lowest BCUT2D eigenvalue weighted by molar-refractivity contribution is 0.503. The fraction of sp³-hybridized carbons (Fsp3) is 0.368. The van der Waals surface area contributed by atoms with E-state index in [1.165, 1.54) is 12.0 Å². The maximum atomic E-state index is 4.82. The molecule has 0 amide bonds. The van der Waals surface area contributed by atoms with Gasteiger partial charge in [-0.15, -0.1) is 0 Å². The smallest absolute Gasteiger partial charge is 0.226 e. The van der Waals surface area contributed by atoms with E-state index in [-0.39, 0.29) is 0 Å². The predicted octanol–water partition coefficient (Wildman–Crippen LogP) is 2.96. The van der Waals surface area contributed by atoms with Gasteiger partial charge in [0.05, 0.1) is 0 Å². The summed E-state index contributed by atoms with van der Waals surface area (Å²) in [5.74, 6) is 2.08. The number of aromatic nitrogens is 5. The first kappa shape index (κ1) is 15.7. The predicted molar refractivity (Wildman–Crippen MR) is 97.4 cm³/mol. The van der Waals surface area contributed by atoms with Gasteiger partial charge in [0.2, 0.25) is 5.95 Å². The van der Waals surface area contributed by atoms with Crippen LogP contribution in [0.1, 0.15) is 29.9 Å². The van der Waals surface area contributed by atoms with Gasteiger partial charge in [-0.1, -0.05) is 30.3 Å². The minimum absolute atomic E-state index is 0.526. The average molecular weight is 334 g/mol. The Kier molecular flexibility index (Phi) is 4.17. The number of hydrogen-bond acceptors (Lipinski definition) is 5. The number of nitrogens with zero attached hydrogens (tertiary/aromatic N) is 6. The molecule has 6 heteroatoms. The number of rotatable bonds is 3. The van der Waals surface area contributed by atoms with Gasteiger partial charge in [-0.25, -0.2) is 19.6 Å². The van der Waals surface area contributed by atoms with Gasteiger partial charge in [0.1, 0.15) is 12.0 Å². The molecule has 3 aromatic rings. The van der Waals surface area contributed by atoms with Crippen LogP contribution in [0.2, 0.25) is 0 Å². The lowest BCUT2D eigenvalue weighted by Gasteiger charge is -2.33. The molecular weight excluding hydrogens is 312 g/mol. The Morgan fingerprint density at radius 2 is 1.96 bits per heavy atom. The van der Waals surface area contributed by atoms with Crippen LogP contribution in [0.4, 0.5) is 5.95 Å². The van der Waals surface area contributed by atoms with Crippen LogP contribution in [0.25, 0.3) is 11.5 Å². The number of piperidine rings is 1. The van der Waals surface area contributed by atoms with Crippen molar-refractivity contribution >= 4 is 5.95 Å². The molecule has 0 N–H and O–H groups in total. The minimum atomic E-state index is 0.526. The molecule has 2 aromatic heterocycles. The highest BCUT2D eigenvalue weighted by Crippen LogP contribution is 2.29. The summed E-state index contributed by atoms with van der Waals surface area (Å²) in [7, 11) is 1.88. The molecule has 6 nitrogen and oxygen atoms in total. The van der Waals surface area contributed by atoms with E-state index in [4.69, 9.17) is 4.98 Å². The maximum absolute atomic E-state index is 4.82. The zero-order valence-corrected chi connectivity index (χ0v) is 14.6. The molecule has 1 aliphatic rings. The Balaban J connectivity index is 1.62. The normalized spacial score (nSPS) is 17.7. The van der Waals surface area contributed by atoms with E-state index in [1.54, 1.807) is 11.0 Å². The Bertz CT molecular complexity index is 857. The van der Waals surface area contributed by atoms with Crippen molar-refractivity contribution in [3.63, 3.8) is 0 Å². The summed E-state index contributed by atoms with van der Waals surface area (Å²) in [6.07, 6.45) is 5.81. The Labute approximate surface area is 147 Å². The highest BCUT2D eigenvalue weighted by Gasteiger charge is 2.24. The third-order valence-electron chi connectivity index (χ3n) is 4.86. The highest BCUT2D eigenvalue weighted by atomic mass is 15.3. The van der Waals surface area contributed by atoms with Gasteiger partial charge in [-0.05, 0) is 30.9 Å². The van der Waals surface area contributed by atoms with Crippen LogP contribution < -0.4 is 4.90 Å². The molecule has 0 unspecified atom stereocenters. The first-order valence-electron chi connectivity index (χ1n) is 8.70. The number of aryl methyl sites for hydroxylation is 2. The molecule has 1 saturated heterocycles. The van der Waals surface area contributed by atoms with Crippen LogP contribution in [0.3, 0.4) is 0 Å². The lowest BCUT2D eigenvalue weighted by Crippen LogP contribution is -2.35. The summed E-state index contributed by atoms with van der Waals surface area (Å²) in [6.45, 7) is 3.95. The minimum Gasteiger partial charge on any atom is -0.340 e. The maximum Gasteiger partial charge on any atom is 0.226 e. The van der Waals surface area contributed by atoms with E-state index in [1.807, 2.05) is 20.2 Å². The fourth-order valence-corrected chi connectivity index (χ4v) is 3.48. The third kappa shape index (κ3) is 3.12. The molecule has 0 radical (unpaired) electrons. The zero-order valence-electron chi connectivity index (χ0n) is 14.6. The molecule has 3 heterocycles. The number of anilines is 1. The summed E-state index contributed by atoms with van der Waals surface area (Å²) in [6, 6.07) is 10.7. The summed E-state index contributed by atoms with van der Waals surface area (Å²) in [5, 5.41) is 4.16.